The number of aromatic nitrogens is 1. The highest BCUT2D eigenvalue weighted by Gasteiger charge is 2.15. The number of hydrogen-bond donors (Lipinski definition) is 1. The van der Waals surface area contributed by atoms with E-state index in [4.69, 9.17) is 4.74 Å². The Morgan fingerprint density at radius 1 is 1.25 bits per heavy atom. The molecule has 0 amide bonds. The van der Waals surface area contributed by atoms with Gasteiger partial charge in [-0.3, -0.25) is 4.98 Å². The summed E-state index contributed by atoms with van der Waals surface area (Å²) in [4.78, 5) is 4.25. The Morgan fingerprint density at radius 2 is 1.95 bits per heavy atom. The number of aliphatic hydroxyl groups excluding tert-OH is 1. The summed E-state index contributed by atoms with van der Waals surface area (Å²) in [5, 5.41) is 10.4. The SMILES string of the molecule is CCCOc1ccc(C(O)c2ncc(Br)cc2Br)cc1. The zero-order valence-corrected chi connectivity index (χ0v) is 14.2. The van der Waals surface area contributed by atoms with Crippen molar-refractivity contribution in [1.29, 1.82) is 0 Å². The molecule has 0 aliphatic heterocycles. The number of rotatable bonds is 5. The molecule has 0 spiro atoms. The van der Waals surface area contributed by atoms with Gasteiger partial charge in [0.1, 0.15) is 11.9 Å². The number of benzene rings is 1. The van der Waals surface area contributed by atoms with Gasteiger partial charge in [0.2, 0.25) is 0 Å². The van der Waals surface area contributed by atoms with E-state index in [1.807, 2.05) is 30.3 Å². The van der Waals surface area contributed by atoms with Gasteiger partial charge >= 0.3 is 0 Å². The Kier molecular flexibility index (Phi) is 5.57. The Bertz CT molecular complexity index is 573. The van der Waals surface area contributed by atoms with Crippen LogP contribution in [0.1, 0.15) is 30.7 Å². The molecule has 0 bridgehead atoms. The van der Waals surface area contributed by atoms with E-state index in [2.05, 4.69) is 43.8 Å². The molecule has 1 aromatic heterocycles. The highest BCUT2D eigenvalue weighted by Crippen LogP contribution is 2.29. The lowest BCUT2D eigenvalue weighted by molar-refractivity contribution is 0.214. The van der Waals surface area contributed by atoms with Gasteiger partial charge in [0.05, 0.1) is 12.3 Å². The van der Waals surface area contributed by atoms with E-state index in [9.17, 15) is 5.11 Å². The van der Waals surface area contributed by atoms with Crippen LogP contribution in [0, 0.1) is 0 Å². The third kappa shape index (κ3) is 3.81. The fourth-order valence-electron chi connectivity index (χ4n) is 1.75. The van der Waals surface area contributed by atoms with Crippen LogP contribution in [-0.2, 0) is 0 Å². The number of ether oxygens (including phenoxy) is 1. The van der Waals surface area contributed by atoms with Gasteiger partial charge in [-0.25, -0.2) is 0 Å². The van der Waals surface area contributed by atoms with Crippen LogP contribution in [0.5, 0.6) is 5.75 Å². The molecule has 0 radical (unpaired) electrons. The third-order valence-corrected chi connectivity index (χ3v) is 3.83. The van der Waals surface area contributed by atoms with Crippen LogP contribution in [0.2, 0.25) is 0 Å². The third-order valence-electron chi connectivity index (χ3n) is 2.76. The van der Waals surface area contributed by atoms with Crippen molar-refractivity contribution in [2.75, 3.05) is 6.61 Å². The average Bonchev–Trinajstić information content (AvgIpc) is 2.45. The maximum atomic E-state index is 10.4. The zero-order valence-electron chi connectivity index (χ0n) is 11.0. The molecule has 1 heterocycles. The number of pyridine rings is 1. The van der Waals surface area contributed by atoms with Crippen LogP contribution < -0.4 is 4.74 Å². The summed E-state index contributed by atoms with van der Waals surface area (Å²) in [6.07, 6.45) is 1.88. The maximum absolute atomic E-state index is 10.4. The molecule has 1 atom stereocenters. The molecule has 20 heavy (non-hydrogen) atoms. The minimum absolute atomic E-state index is 0.593. The van der Waals surface area contributed by atoms with Crippen LogP contribution in [0.4, 0.5) is 0 Å². The lowest BCUT2D eigenvalue weighted by Gasteiger charge is -2.13. The van der Waals surface area contributed by atoms with Gasteiger partial charge in [0.25, 0.3) is 0 Å². The summed E-state index contributed by atoms with van der Waals surface area (Å²) >= 11 is 6.76. The Balaban J connectivity index is 2.18. The molecule has 3 nitrogen and oxygen atoms in total. The summed E-state index contributed by atoms with van der Waals surface area (Å²) in [7, 11) is 0. The average molecular weight is 401 g/mol. The molecule has 2 aromatic rings. The second-order valence-corrected chi connectivity index (χ2v) is 6.11. The number of hydrogen-bond acceptors (Lipinski definition) is 3. The van der Waals surface area contributed by atoms with E-state index >= 15 is 0 Å². The molecule has 106 valence electrons. The fraction of sp³-hybridized carbons (Fsp3) is 0.267. The highest BCUT2D eigenvalue weighted by atomic mass is 79.9. The van der Waals surface area contributed by atoms with E-state index in [0.29, 0.717) is 12.3 Å². The molecule has 0 aliphatic carbocycles. The number of aliphatic hydroxyl groups is 1. The molecule has 0 fully saturated rings. The molecule has 1 unspecified atom stereocenters. The predicted molar refractivity (Wildman–Crippen MR) is 85.9 cm³/mol. The van der Waals surface area contributed by atoms with Crippen molar-refractivity contribution in [3.05, 3.63) is 56.7 Å². The van der Waals surface area contributed by atoms with Crippen LogP contribution in [0.25, 0.3) is 0 Å². The molecular weight excluding hydrogens is 386 g/mol. The summed E-state index contributed by atoms with van der Waals surface area (Å²) in [6.45, 7) is 2.76. The van der Waals surface area contributed by atoms with Crippen molar-refractivity contribution >= 4 is 31.9 Å². The normalized spacial score (nSPS) is 12.2. The van der Waals surface area contributed by atoms with Gasteiger partial charge in [-0.05, 0) is 62.0 Å². The van der Waals surface area contributed by atoms with Gasteiger partial charge in [0.15, 0.2) is 0 Å². The van der Waals surface area contributed by atoms with Crippen LogP contribution in [0.3, 0.4) is 0 Å². The van der Waals surface area contributed by atoms with Crippen LogP contribution in [-0.4, -0.2) is 16.7 Å². The first-order chi connectivity index (χ1) is 9.61. The molecule has 0 aliphatic rings. The molecule has 0 saturated heterocycles. The van der Waals surface area contributed by atoms with Crippen molar-refractivity contribution < 1.29 is 9.84 Å². The van der Waals surface area contributed by atoms with E-state index in [1.165, 1.54) is 0 Å². The van der Waals surface area contributed by atoms with Crippen molar-refractivity contribution in [1.82, 2.24) is 4.98 Å². The second-order valence-electron chi connectivity index (χ2n) is 4.34. The molecule has 2 rings (SSSR count). The molecule has 1 N–H and O–H groups in total. The summed E-state index contributed by atoms with van der Waals surface area (Å²) in [5.74, 6) is 0.811. The van der Waals surface area contributed by atoms with Gasteiger partial charge in [0, 0.05) is 15.1 Å². The van der Waals surface area contributed by atoms with Gasteiger partial charge in [-0.1, -0.05) is 19.1 Å². The Morgan fingerprint density at radius 3 is 2.55 bits per heavy atom. The van der Waals surface area contributed by atoms with E-state index < -0.39 is 6.10 Å². The lowest BCUT2D eigenvalue weighted by atomic mass is 10.1. The lowest BCUT2D eigenvalue weighted by Crippen LogP contribution is -2.03. The fourth-order valence-corrected chi connectivity index (χ4v) is 2.95. The van der Waals surface area contributed by atoms with Gasteiger partial charge < -0.3 is 9.84 Å². The first kappa shape index (κ1) is 15.5. The van der Waals surface area contributed by atoms with Gasteiger partial charge in [-0.15, -0.1) is 0 Å². The van der Waals surface area contributed by atoms with E-state index in [1.54, 1.807) is 6.20 Å². The van der Waals surface area contributed by atoms with Crippen molar-refractivity contribution in [2.24, 2.45) is 0 Å². The minimum Gasteiger partial charge on any atom is -0.494 e. The van der Waals surface area contributed by atoms with E-state index in [-0.39, 0.29) is 0 Å². The van der Waals surface area contributed by atoms with Crippen molar-refractivity contribution in [3.63, 3.8) is 0 Å². The largest absolute Gasteiger partial charge is 0.494 e. The first-order valence-electron chi connectivity index (χ1n) is 6.33. The summed E-state index contributed by atoms with van der Waals surface area (Å²) in [6, 6.07) is 9.30. The van der Waals surface area contributed by atoms with Crippen LogP contribution >= 0.6 is 31.9 Å². The summed E-state index contributed by atoms with van der Waals surface area (Å²) < 4.78 is 7.16. The first-order valence-corrected chi connectivity index (χ1v) is 7.92. The van der Waals surface area contributed by atoms with Crippen molar-refractivity contribution in [3.8, 4) is 5.75 Å². The minimum atomic E-state index is -0.766. The monoisotopic (exact) mass is 399 g/mol. The van der Waals surface area contributed by atoms with Crippen LogP contribution in [0.15, 0.2) is 45.5 Å². The second kappa shape index (κ2) is 7.20. The quantitative estimate of drug-likeness (QED) is 0.804. The highest BCUT2D eigenvalue weighted by molar-refractivity contribution is 9.11. The van der Waals surface area contributed by atoms with E-state index in [0.717, 1.165) is 26.7 Å². The molecule has 1 aromatic carbocycles. The smallest absolute Gasteiger partial charge is 0.122 e. The Hall–Kier alpha value is -0.910. The maximum Gasteiger partial charge on any atom is 0.122 e. The standard InChI is InChI=1S/C15H15Br2NO2/c1-2-7-20-12-5-3-10(4-6-12)15(19)14-13(17)8-11(16)9-18-14/h3-6,8-9,15,19H,2,7H2,1H3. The number of nitrogens with zero attached hydrogens (tertiary/aromatic N) is 1. The topological polar surface area (TPSA) is 42.4 Å². The summed E-state index contributed by atoms with van der Waals surface area (Å²) in [5.41, 5.74) is 1.37. The molecule has 5 heteroatoms. The number of halogens is 2. The zero-order chi connectivity index (χ0) is 14.5. The van der Waals surface area contributed by atoms with Crippen molar-refractivity contribution in [2.45, 2.75) is 19.4 Å². The Labute approximate surface area is 135 Å². The predicted octanol–water partition coefficient (Wildman–Crippen LogP) is 4.48. The molecular formula is C15H15Br2NO2. The van der Waals surface area contributed by atoms with Gasteiger partial charge in [-0.2, -0.15) is 0 Å². The molecule has 0 saturated carbocycles.